The fourth-order valence-electron chi connectivity index (χ4n) is 1.30. The number of hydrogen-bond acceptors (Lipinski definition) is 3. The number of anilines is 1. The van der Waals surface area contributed by atoms with Gasteiger partial charge in [-0.25, -0.2) is 4.39 Å². The molecule has 1 heterocycles. The van der Waals surface area contributed by atoms with Crippen molar-refractivity contribution in [1.82, 2.24) is 15.1 Å². The van der Waals surface area contributed by atoms with Crippen molar-refractivity contribution in [2.45, 2.75) is 25.4 Å². The Kier molecular flexibility index (Phi) is 2.57. The summed E-state index contributed by atoms with van der Waals surface area (Å²) >= 11 is 0. The van der Waals surface area contributed by atoms with Crippen LogP contribution in [-0.4, -0.2) is 28.4 Å². The summed E-state index contributed by atoms with van der Waals surface area (Å²) in [5.74, 6) is -0.0679. The second-order valence-electron chi connectivity index (χ2n) is 3.63. The van der Waals surface area contributed by atoms with Crippen LogP contribution in [0.15, 0.2) is 6.20 Å². The maximum atomic E-state index is 12.0. The van der Waals surface area contributed by atoms with Crippen LogP contribution in [0, 0.1) is 0 Å². The first-order valence-corrected chi connectivity index (χ1v) is 4.90. The lowest BCUT2D eigenvalue weighted by molar-refractivity contribution is 0.0952. The maximum Gasteiger partial charge on any atom is 0.256 e. The highest BCUT2D eigenvalue weighted by Gasteiger charge is 2.25. The van der Waals surface area contributed by atoms with Crippen LogP contribution in [-0.2, 0) is 6.54 Å². The van der Waals surface area contributed by atoms with Crippen LogP contribution < -0.4 is 11.1 Å². The molecule has 0 spiro atoms. The summed E-state index contributed by atoms with van der Waals surface area (Å²) in [6.45, 7) is -0.397. The number of nitrogens with one attached hydrogen (secondary N) is 1. The SMILES string of the molecule is Nc1nn(CCF)cc1C(=O)NC1CC1. The number of nitrogen functional groups attached to an aromatic ring is 1. The minimum absolute atomic E-state index is 0.126. The van der Waals surface area contributed by atoms with Gasteiger partial charge < -0.3 is 11.1 Å². The molecule has 6 heteroatoms. The van der Waals surface area contributed by atoms with Crippen molar-refractivity contribution in [2.75, 3.05) is 12.4 Å². The molecule has 0 atom stereocenters. The van der Waals surface area contributed by atoms with Gasteiger partial charge in [0.05, 0.1) is 6.54 Å². The predicted octanol–water partition coefficient (Wildman–Crippen LogP) is 0.327. The highest BCUT2D eigenvalue weighted by atomic mass is 19.1. The van der Waals surface area contributed by atoms with Gasteiger partial charge in [-0.3, -0.25) is 9.48 Å². The van der Waals surface area contributed by atoms with Crippen LogP contribution in [0.4, 0.5) is 10.2 Å². The van der Waals surface area contributed by atoms with E-state index in [0.29, 0.717) is 5.56 Å². The van der Waals surface area contributed by atoms with E-state index in [4.69, 9.17) is 5.73 Å². The fraction of sp³-hybridized carbons (Fsp3) is 0.556. The summed E-state index contributed by atoms with van der Waals surface area (Å²) in [6, 6.07) is 0.279. The van der Waals surface area contributed by atoms with E-state index >= 15 is 0 Å². The Bertz CT molecular complexity index is 372. The van der Waals surface area contributed by atoms with Gasteiger partial charge in [-0.15, -0.1) is 0 Å². The van der Waals surface area contributed by atoms with E-state index in [1.54, 1.807) is 0 Å². The van der Waals surface area contributed by atoms with Crippen molar-refractivity contribution in [3.05, 3.63) is 11.8 Å². The van der Waals surface area contributed by atoms with Gasteiger partial charge in [0.15, 0.2) is 5.82 Å². The molecule has 2 rings (SSSR count). The summed E-state index contributed by atoms with van der Waals surface area (Å²) in [6.07, 6.45) is 3.52. The Morgan fingerprint density at radius 2 is 2.47 bits per heavy atom. The summed E-state index contributed by atoms with van der Waals surface area (Å²) in [4.78, 5) is 11.6. The van der Waals surface area contributed by atoms with Crippen molar-refractivity contribution in [1.29, 1.82) is 0 Å². The van der Waals surface area contributed by atoms with Crippen LogP contribution in [0.1, 0.15) is 23.2 Å². The molecule has 3 N–H and O–H groups in total. The second kappa shape index (κ2) is 3.88. The number of carbonyl (C=O) groups is 1. The van der Waals surface area contributed by atoms with Crippen molar-refractivity contribution in [3.8, 4) is 0 Å². The lowest BCUT2D eigenvalue weighted by Crippen LogP contribution is -2.25. The van der Waals surface area contributed by atoms with Gasteiger partial charge in [0.1, 0.15) is 12.2 Å². The van der Waals surface area contributed by atoms with Gasteiger partial charge in [0, 0.05) is 12.2 Å². The van der Waals surface area contributed by atoms with Crippen LogP contribution in [0.3, 0.4) is 0 Å². The van der Waals surface area contributed by atoms with Gasteiger partial charge >= 0.3 is 0 Å². The first-order valence-electron chi connectivity index (χ1n) is 4.90. The van der Waals surface area contributed by atoms with Crippen LogP contribution in [0.5, 0.6) is 0 Å². The molecule has 1 aliphatic rings. The first kappa shape index (κ1) is 9.95. The summed E-state index contributed by atoms with van der Waals surface area (Å²) < 4.78 is 13.4. The smallest absolute Gasteiger partial charge is 0.256 e. The maximum absolute atomic E-state index is 12.0. The molecule has 0 radical (unpaired) electrons. The van der Waals surface area contributed by atoms with Gasteiger partial charge in [-0.1, -0.05) is 0 Å². The van der Waals surface area contributed by atoms with Gasteiger partial charge in [0.25, 0.3) is 5.91 Å². The largest absolute Gasteiger partial charge is 0.382 e. The number of halogens is 1. The fourth-order valence-corrected chi connectivity index (χ4v) is 1.30. The molecule has 0 aromatic carbocycles. The number of alkyl halides is 1. The molecule has 0 bridgehead atoms. The average Bonchev–Trinajstić information content (AvgIpc) is 2.90. The zero-order valence-electron chi connectivity index (χ0n) is 8.24. The predicted molar refractivity (Wildman–Crippen MR) is 53.1 cm³/mol. The molecule has 15 heavy (non-hydrogen) atoms. The molecule has 1 aliphatic carbocycles. The van der Waals surface area contributed by atoms with Crippen LogP contribution in [0.25, 0.3) is 0 Å². The second-order valence-corrected chi connectivity index (χ2v) is 3.63. The molecule has 1 aromatic heterocycles. The number of amides is 1. The van der Waals surface area contributed by atoms with Gasteiger partial charge in [-0.05, 0) is 12.8 Å². The lowest BCUT2D eigenvalue weighted by atomic mass is 10.3. The zero-order valence-corrected chi connectivity index (χ0v) is 8.24. The number of hydrogen-bond donors (Lipinski definition) is 2. The lowest BCUT2D eigenvalue weighted by Gasteiger charge is -1.99. The Morgan fingerprint density at radius 3 is 3.07 bits per heavy atom. The summed E-state index contributed by atoms with van der Waals surface area (Å²) in [5.41, 5.74) is 5.88. The number of nitrogens with two attached hydrogens (primary N) is 1. The molecule has 1 fully saturated rings. The van der Waals surface area contributed by atoms with E-state index in [0.717, 1.165) is 12.8 Å². The highest BCUT2D eigenvalue weighted by Crippen LogP contribution is 2.20. The highest BCUT2D eigenvalue weighted by molar-refractivity contribution is 5.98. The van der Waals surface area contributed by atoms with Crippen LogP contribution >= 0.6 is 0 Å². The van der Waals surface area contributed by atoms with E-state index in [1.165, 1.54) is 10.9 Å². The Labute approximate surface area is 86.4 Å². The Hall–Kier alpha value is -1.59. The first-order chi connectivity index (χ1) is 7.20. The quantitative estimate of drug-likeness (QED) is 0.755. The number of carbonyl (C=O) groups excluding carboxylic acids is 1. The minimum atomic E-state index is -0.523. The van der Waals surface area contributed by atoms with Gasteiger partial charge in [0.2, 0.25) is 0 Å². The standard InChI is InChI=1S/C9H13FN4O/c10-3-4-14-5-7(8(11)13-14)9(15)12-6-1-2-6/h5-6H,1-4H2,(H2,11,13)(H,12,15). The van der Waals surface area contributed by atoms with Crippen molar-refractivity contribution < 1.29 is 9.18 Å². The van der Waals surface area contributed by atoms with Crippen molar-refractivity contribution in [3.63, 3.8) is 0 Å². The topological polar surface area (TPSA) is 72.9 Å². The third-order valence-electron chi connectivity index (χ3n) is 2.26. The molecule has 1 aromatic rings. The molecular formula is C9H13FN4O. The Balaban J connectivity index is 2.08. The van der Waals surface area contributed by atoms with E-state index in [9.17, 15) is 9.18 Å². The Morgan fingerprint density at radius 1 is 1.73 bits per heavy atom. The molecule has 5 nitrogen and oxygen atoms in total. The van der Waals surface area contributed by atoms with E-state index in [-0.39, 0.29) is 24.3 Å². The van der Waals surface area contributed by atoms with E-state index < -0.39 is 6.67 Å². The normalized spacial score (nSPS) is 15.3. The monoisotopic (exact) mass is 212 g/mol. The summed E-state index contributed by atoms with van der Waals surface area (Å²) in [5, 5.41) is 6.64. The number of aryl methyl sites for hydroxylation is 1. The minimum Gasteiger partial charge on any atom is -0.382 e. The van der Waals surface area contributed by atoms with Crippen molar-refractivity contribution >= 4 is 11.7 Å². The van der Waals surface area contributed by atoms with E-state index in [1.807, 2.05) is 0 Å². The molecule has 0 aliphatic heterocycles. The number of nitrogens with zero attached hydrogens (tertiary/aromatic N) is 2. The number of rotatable bonds is 4. The molecule has 0 saturated heterocycles. The molecule has 0 unspecified atom stereocenters. The summed E-state index contributed by atoms with van der Waals surface area (Å²) in [7, 11) is 0. The van der Waals surface area contributed by atoms with E-state index in [2.05, 4.69) is 10.4 Å². The molecular weight excluding hydrogens is 199 g/mol. The third-order valence-corrected chi connectivity index (χ3v) is 2.26. The molecule has 82 valence electrons. The number of aromatic nitrogens is 2. The van der Waals surface area contributed by atoms with Crippen molar-refractivity contribution in [2.24, 2.45) is 0 Å². The molecule has 1 amide bonds. The zero-order chi connectivity index (χ0) is 10.8. The molecule has 1 saturated carbocycles. The third kappa shape index (κ3) is 2.26. The average molecular weight is 212 g/mol. The van der Waals surface area contributed by atoms with Gasteiger partial charge in [-0.2, -0.15) is 5.10 Å². The van der Waals surface area contributed by atoms with Crippen LogP contribution in [0.2, 0.25) is 0 Å².